The molecule has 1 aromatic heterocycles. The van der Waals surface area contributed by atoms with Gasteiger partial charge in [0.25, 0.3) is 11.8 Å². The van der Waals surface area contributed by atoms with Gasteiger partial charge in [0.2, 0.25) is 0 Å². The number of hydrogen-bond acceptors (Lipinski definition) is 7. The average Bonchev–Trinajstić information content (AvgIpc) is 3.50. The van der Waals surface area contributed by atoms with Gasteiger partial charge in [0.1, 0.15) is 11.4 Å². The lowest BCUT2D eigenvalue weighted by atomic mass is 10.1. The summed E-state index contributed by atoms with van der Waals surface area (Å²) in [6, 6.07) is 33.1. The molecule has 4 aromatic carbocycles. The minimum absolute atomic E-state index is 0.0726. The zero-order valence-electron chi connectivity index (χ0n) is 22.1. The number of thioether (sulfide) groups is 1. The molecule has 41 heavy (non-hydrogen) atoms. The zero-order valence-corrected chi connectivity index (χ0v) is 22.9. The first kappa shape index (κ1) is 27.4. The van der Waals surface area contributed by atoms with Crippen molar-refractivity contribution in [1.29, 1.82) is 0 Å². The SMILES string of the molecule is COc1ccccc1/C=C(/NC(=O)c1ccccc1)C(=O)Nc1cccc(SCc2nnnn2-c2ccccc2)c1. The number of aromatic nitrogens is 4. The molecule has 0 fully saturated rings. The van der Waals surface area contributed by atoms with E-state index in [-0.39, 0.29) is 5.70 Å². The molecule has 9 nitrogen and oxygen atoms in total. The number of anilines is 1. The first-order valence-electron chi connectivity index (χ1n) is 12.7. The number of nitrogens with one attached hydrogen (secondary N) is 2. The van der Waals surface area contributed by atoms with E-state index in [9.17, 15) is 9.59 Å². The fourth-order valence-corrected chi connectivity index (χ4v) is 4.82. The van der Waals surface area contributed by atoms with Crippen molar-refractivity contribution in [3.05, 3.63) is 132 Å². The number of carbonyl (C=O) groups is 2. The number of tetrazole rings is 1. The Morgan fingerprint density at radius 1 is 0.902 bits per heavy atom. The van der Waals surface area contributed by atoms with Crippen LogP contribution in [-0.4, -0.2) is 39.1 Å². The minimum Gasteiger partial charge on any atom is -0.496 e. The van der Waals surface area contributed by atoms with Gasteiger partial charge in [0.15, 0.2) is 5.82 Å². The lowest BCUT2D eigenvalue weighted by Crippen LogP contribution is -2.30. The van der Waals surface area contributed by atoms with Crippen molar-refractivity contribution in [2.75, 3.05) is 12.4 Å². The van der Waals surface area contributed by atoms with E-state index in [1.165, 1.54) is 11.8 Å². The van der Waals surface area contributed by atoms with E-state index < -0.39 is 11.8 Å². The number of methoxy groups -OCH3 is 1. The van der Waals surface area contributed by atoms with Crippen LogP contribution in [0.5, 0.6) is 5.75 Å². The van der Waals surface area contributed by atoms with Crippen LogP contribution in [0.15, 0.2) is 120 Å². The van der Waals surface area contributed by atoms with E-state index in [2.05, 4.69) is 26.2 Å². The highest BCUT2D eigenvalue weighted by molar-refractivity contribution is 7.98. The number of hydrogen-bond donors (Lipinski definition) is 2. The van der Waals surface area contributed by atoms with Gasteiger partial charge in [0, 0.05) is 21.7 Å². The third kappa shape index (κ3) is 7.06. The number of rotatable bonds is 10. The van der Waals surface area contributed by atoms with Crippen molar-refractivity contribution >= 4 is 35.3 Å². The van der Waals surface area contributed by atoms with Crippen LogP contribution in [0.25, 0.3) is 11.8 Å². The maximum Gasteiger partial charge on any atom is 0.272 e. The number of carbonyl (C=O) groups excluding carboxylic acids is 2. The molecule has 10 heteroatoms. The number of ether oxygens (including phenoxy) is 1. The Kier molecular flexibility index (Phi) is 8.82. The maximum atomic E-state index is 13.5. The molecule has 5 rings (SSSR count). The van der Waals surface area contributed by atoms with Crippen LogP contribution < -0.4 is 15.4 Å². The molecule has 0 bridgehead atoms. The normalized spacial score (nSPS) is 11.1. The summed E-state index contributed by atoms with van der Waals surface area (Å²) in [5, 5.41) is 17.7. The van der Waals surface area contributed by atoms with Crippen molar-refractivity contribution in [2.24, 2.45) is 0 Å². The summed E-state index contributed by atoms with van der Waals surface area (Å²) in [5.74, 6) is 0.910. The maximum absolute atomic E-state index is 13.5. The Hall–Kier alpha value is -5.22. The number of para-hydroxylation sites is 2. The molecule has 0 saturated carbocycles. The van der Waals surface area contributed by atoms with Gasteiger partial charge in [-0.05, 0) is 65.0 Å². The molecule has 0 unspecified atom stereocenters. The van der Waals surface area contributed by atoms with Gasteiger partial charge in [-0.25, -0.2) is 0 Å². The molecular weight excluding hydrogens is 536 g/mol. The Bertz CT molecular complexity index is 1670. The molecule has 0 aliphatic carbocycles. The Morgan fingerprint density at radius 2 is 1.63 bits per heavy atom. The summed E-state index contributed by atoms with van der Waals surface area (Å²) in [6.45, 7) is 0. The molecule has 0 aliphatic heterocycles. The highest BCUT2D eigenvalue weighted by Gasteiger charge is 2.16. The van der Waals surface area contributed by atoms with Gasteiger partial charge in [-0.15, -0.1) is 16.9 Å². The Labute approximate surface area is 241 Å². The van der Waals surface area contributed by atoms with Crippen LogP contribution in [0.2, 0.25) is 0 Å². The van der Waals surface area contributed by atoms with Crippen LogP contribution in [0, 0.1) is 0 Å². The fraction of sp³-hybridized carbons (Fsp3) is 0.0645. The molecule has 2 N–H and O–H groups in total. The Morgan fingerprint density at radius 3 is 2.41 bits per heavy atom. The molecule has 1 heterocycles. The summed E-state index contributed by atoms with van der Waals surface area (Å²) in [7, 11) is 1.55. The molecule has 0 radical (unpaired) electrons. The molecule has 0 atom stereocenters. The third-order valence-corrected chi connectivity index (χ3v) is 6.95. The average molecular weight is 563 g/mol. The van der Waals surface area contributed by atoms with Gasteiger partial charge < -0.3 is 15.4 Å². The van der Waals surface area contributed by atoms with E-state index in [4.69, 9.17) is 4.74 Å². The first-order chi connectivity index (χ1) is 20.1. The highest BCUT2D eigenvalue weighted by atomic mass is 32.2. The number of nitrogens with zero attached hydrogens (tertiary/aromatic N) is 4. The second-order valence-electron chi connectivity index (χ2n) is 8.73. The number of amides is 2. The molecule has 2 amide bonds. The minimum atomic E-state index is -0.477. The lowest BCUT2D eigenvalue weighted by Gasteiger charge is -2.13. The second-order valence-corrected chi connectivity index (χ2v) is 9.78. The van der Waals surface area contributed by atoms with Gasteiger partial charge in [-0.3, -0.25) is 9.59 Å². The van der Waals surface area contributed by atoms with Crippen LogP contribution >= 0.6 is 11.8 Å². The fourth-order valence-electron chi connectivity index (χ4n) is 3.96. The summed E-state index contributed by atoms with van der Waals surface area (Å²) >= 11 is 1.54. The van der Waals surface area contributed by atoms with Crippen LogP contribution in [0.4, 0.5) is 5.69 Å². The van der Waals surface area contributed by atoms with E-state index in [0.717, 1.165) is 10.6 Å². The third-order valence-electron chi connectivity index (χ3n) is 5.96. The first-order valence-corrected chi connectivity index (χ1v) is 13.7. The van der Waals surface area contributed by atoms with Gasteiger partial charge in [-0.1, -0.05) is 60.7 Å². The zero-order chi connectivity index (χ0) is 28.4. The van der Waals surface area contributed by atoms with E-state index in [1.807, 2.05) is 66.7 Å². The van der Waals surface area contributed by atoms with Crippen molar-refractivity contribution in [2.45, 2.75) is 10.6 Å². The Balaban J connectivity index is 1.33. The summed E-state index contributed by atoms with van der Waals surface area (Å²) in [6.07, 6.45) is 1.59. The summed E-state index contributed by atoms with van der Waals surface area (Å²) in [4.78, 5) is 27.3. The smallest absolute Gasteiger partial charge is 0.272 e. The summed E-state index contributed by atoms with van der Waals surface area (Å²) in [5.41, 5.74) is 2.60. The number of benzene rings is 4. The van der Waals surface area contributed by atoms with E-state index >= 15 is 0 Å². The predicted octanol–water partition coefficient (Wildman–Crippen LogP) is 5.37. The monoisotopic (exact) mass is 562 g/mol. The van der Waals surface area contributed by atoms with Crippen molar-refractivity contribution in [3.8, 4) is 11.4 Å². The molecular formula is C31H26N6O3S. The van der Waals surface area contributed by atoms with Gasteiger partial charge >= 0.3 is 0 Å². The van der Waals surface area contributed by atoms with Gasteiger partial charge in [0.05, 0.1) is 18.6 Å². The summed E-state index contributed by atoms with van der Waals surface area (Å²) < 4.78 is 7.13. The van der Waals surface area contributed by atoms with Crippen molar-refractivity contribution in [3.63, 3.8) is 0 Å². The second kappa shape index (κ2) is 13.2. The molecule has 0 aliphatic rings. The quantitative estimate of drug-likeness (QED) is 0.174. The van der Waals surface area contributed by atoms with Crippen LogP contribution in [-0.2, 0) is 10.5 Å². The largest absolute Gasteiger partial charge is 0.496 e. The highest BCUT2D eigenvalue weighted by Crippen LogP contribution is 2.26. The van der Waals surface area contributed by atoms with Crippen molar-refractivity contribution < 1.29 is 14.3 Å². The van der Waals surface area contributed by atoms with Gasteiger partial charge in [-0.2, -0.15) is 4.68 Å². The molecule has 0 saturated heterocycles. The van der Waals surface area contributed by atoms with E-state index in [0.29, 0.717) is 34.1 Å². The molecule has 0 spiro atoms. The lowest BCUT2D eigenvalue weighted by molar-refractivity contribution is -0.113. The van der Waals surface area contributed by atoms with E-state index in [1.54, 1.807) is 60.3 Å². The predicted molar refractivity (Wildman–Crippen MR) is 159 cm³/mol. The molecule has 204 valence electrons. The topological polar surface area (TPSA) is 111 Å². The van der Waals surface area contributed by atoms with Crippen LogP contribution in [0.1, 0.15) is 21.7 Å². The van der Waals surface area contributed by atoms with Crippen molar-refractivity contribution in [1.82, 2.24) is 25.5 Å². The molecule has 5 aromatic rings. The van der Waals surface area contributed by atoms with Crippen LogP contribution in [0.3, 0.4) is 0 Å². The standard InChI is InChI=1S/C31H26N6O3S/c1-40-28-18-9-8-13-23(28)19-27(33-30(38)22-11-4-2-5-12-22)31(39)32-24-14-10-17-26(20-24)41-21-29-34-35-36-37(29)25-15-6-3-7-16-25/h2-20H,21H2,1H3,(H,32,39)(H,33,38)/b27-19+.